The zero-order chi connectivity index (χ0) is 10.9. The monoisotopic (exact) mass is 196 g/mol. The minimum Gasteiger partial charge on any atom is -0.377 e. The molecule has 0 heterocycles. The Morgan fingerprint density at radius 2 is 1.86 bits per heavy atom. The van der Waals surface area contributed by atoms with Gasteiger partial charge in [0.15, 0.2) is 0 Å². The maximum Gasteiger partial charge on any atom is 0.123 e. The Morgan fingerprint density at radius 3 is 2.29 bits per heavy atom. The van der Waals surface area contributed by atoms with Gasteiger partial charge in [-0.05, 0) is 37.6 Å². The zero-order valence-electron chi connectivity index (χ0n) is 9.13. The molecule has 1 aromatic rings. The van der Waals surface area contributed by atoms with Crippen molar-refractivity contribution in [1.82, 2.24) is 0 Å². The smallest absolute Gasteiger partial charge is 0.123 e. The molecular formula is C11H17FN2. The normalized spacial score (nSPS) is 11.6. The molecule has 1 rings (SSSR count). The molecule has 0 bridgehead atoms. The molecule has 2 nitrogen and oxygen atoms in total. The van der Waals surface area contributed by atoms with E-state index in [1.165, 1.54) is 12.1 Å². The van der Waals surface area contributed by atoms with Gasteiger partial charge in [-0.2, -0.15) is 0 Å². The lowest BCUT2D eigenvalue weighted by Crippen LogP contribution is -2.31. The first kappa shape index (κ1) is 11.0. The van der Waals surface area contributed by atoms with Gasteiger partial charge < -0.3 is 10.6 Å². The van der Waals surface area contributed by atoms with Crippen molar-refractivity contribution >= 4 is 5.69 Å². The first-order chi connectivity index (χ1) is 6.32. The predicted octanol–water partition coefficient (Wildman–Crippen LogP) is 2.09. The quantitative estimate of drug-likeness (QED) is 0.784. The number of hydrogen-bond acceptors (Lipinski definition) is 2. The number of benzene rings is 1. The topological polar surface area (TPSA) is 29.3 Å². The molecule has 0 radical (unpaired) electrons. The second-order valence-electron chi connectivity index (χ2n) is 4.28. The summed E-state index contributed by atoms with van der Waals surface area (Å²) < 4.78 is 13.1. The average Bonchev–Trinajstić information content (AvgIpc) is 2.01. The fourth-order valence-corrected chi connectivity index (χ4v) is 1.41. The molecule has 0 unspecified atom stereocenters. The van der Waals surface area contributed by atoms with E-state index >= 15 is 0 Å². The highest BCUT2D eigenvalue weighted by Gasteiger charge is 2.19. The highest BCUT2D eigenvalue weighted by atomic mass is 19.1. The molecule has 14 heavy (non-hydrogen) atoms. The van der Waals surface area contributed by atoms with Gasteiger partial charge in [-0.3, -0.25) is 0 Å². The summed E-state index contributed by atoms with van der Waals surface area (Å²) in [5.41, 5.74) is 7.22. The fourth-order valence-electron chi connectivity index (χ4n) is 1.41. The maximum absolute atomic E-state index is 13.1. The van der Waals surface area contributed by atoms with E-state index in [9.17, 15) is 4.39 Å². The van der Waals surface area contributed by atoms with Crippen molar-refractivity contribution in [1.29, 1.82) is 0 Å². The minimum atomic E-state index is -0.526. The summed E-state index contributed by atoms with van der Waals surface area (Å²) in [6.07, 6.45) is 0. The molecule has 0 aliphatic rings. The lowest BCUT2D eigenvalue weighted by molar-refractivity contribution is 0.543. The molecule has 0 saturated carbocycles. The van der Waals surface area contributed by atoms with Gasteiger partial charge in [0.1, 0.15) is 5.82 Å². The Labute approximate surface area is 84.5 Å². The largest absolute Gasteiger partial charge is 0.377 e. The van der Waals surface area contributed by atoms with Crippen LogP contribution in [0.2, 0.25) is 0 Å². The molecule has 2 N–H and O–H groups in total. The van der Waals surface area contributed by atoms with E-state index in [2.05, 4.69) is 0 Å². The SMILES string of the molecule is CN(C)c1ccc(F)cc1C(C)(C)N. The van der Waals surface area contributed by atoms with Crippen LogP contribution in [0.25, 0.3) is 0 Å². The van der Waals surface area contributed by atoms with Gasteiger partial charge in [0.2, 0.25) is 0 Å². The van der Waals surface area contributed by atoms with Crippen molar-refractivity contribution in [2.45, 2.75) is 19.4 Å². The van der Waals surface area contributed by atoms with E-state index in [-0.39, 0.29) is 5.82 Å². The predicted molar refractivity (Wildman–Crippen MR) is 57.9 cm³/mol. The number of anilines is 1. The van der Waals surface area contributed by atoms with Crippen LogP contribution in [-0.4, -0.2) is 14.1 Å². The second kappa shape index (κ2) is 3.58. The lowest BCUT2D eigenvalue weighted by Gasteiger charge is -2.26. The van der Waals surface area contributed by atoms with Crippen molar-refractivity contribution < 1.29 is 4.39 Å². The standard InChI is InChI=1S/C11H17FN2/c1-11(2,13)9-7-8(12)5-6-10(9)14(3)4/h5-7H,13H2,1-4H3. The molecule has 1 aromatic carbocycles. The third-order valence-electron chi connectivity index (χ3n) is 2.13. The number of rotatable bonds is 2. The van der Waals surface area contributed by atoms with Crippen LogP contribution < -0.4 is 10.6 Å². The van der Waals surface area contributed by atoms with Crippen LogP contribution in [-0.2, 0) is 5.54 Å². The molecule has 0 fully saturated rings. The highest BCUT2D eigenvalue weighted by Crippen LogP contribution is 2.28. The van der Waals surface area contributed by atoms with E-state index in [1.54, 1.807) is 6.07 Å². The van der Waals surface area contributed by atoms with Crippen molar-refractivity contribution in [3.05, 3.63) is 29.6 Å². The van der Waals surface area contributed by atoms with Crippen LogP contribution in [0.15, 0.2) is 18.2 Å². The summed E-state index contributed by atoms with van der Waals surface area (Å²) in [6, 6.07) is 4.69. The van der Waals surface area contributed by atoms with Crippen LogP contribution in [0.5, 0.6) is 0 Å². The summed E-state index contributed by atoms with van der Waals surface area (Å²) in [7, 11) is 3.84. The van der Waals surface area contributed by atoms with Crippen molar-refractivity contribution in [2.24, 2.45) is 5.73 Å². The highest BCUT2D eigenvalue weighted by molar-refractivity contribution is 5.55. The number of halogens is 1. The van der Waals surface area contributed by atoms with Gasteiger partial charge in [0.25, 0.3) is 0 Å². The fraction of sp³-hybridized carbons (Fsp3) is 0.455. The maximum atomic E-state index is 13.1. The van der Waals surface area contributed by atoms with E-state index in [0.29, 0.717) is 0 Å². The molecule has 0 aliphatic carbocycles. The first-order valence-electron chi connectivity index (χ1n) is 4.58. The first-order valence-corrected chi connectivity index (χ1v) is 4.58. The van der Waals surface area contributed by atoms with Crippen molar-refractivity contribution in [3.63, 3.8) is 0 Å². The van der Waals surface area contributed by atoms with Gasteiger partial charge in [-0.15, -0.1) is 0 Å². The van der Waals surface area contributed by atoms with Crippen molar-refractivity contribution in [2.75, 3.05) is 19.0 Å². The Kier molecular flexibility index (Phi) is 2.81. The molecule has 3 heteroatoms. The van der Waals surface area contributed by atoms with Crippen LogP contribution in [0, 0.1) is 5.82 Å². The third kappa shape index (κ3) is 2.23. The number of nitrogens with zero attached hydrogens (tertiary/aromatic N) is 1. The Hall–Kier alpha value is -1.09. The molecule has 0 spiro atoms. The van der Waals surface area contributed by atoms with Gasteiger partial charge in [-0.1, -0.05) is 0 Å². The molecule has 0 atom stereocenters. The molecule has 0 aromatic heterocycles. The molecule has 0 saturated heterocycles. The summed E-state index contributed by atoms with van der Waals surface area (Å²) in [5.74, 6) is -0.246. The Bertz CT molecular complexity index is 327. The van der Waals surface area contributed by atoms with E-state index in [1.807, 2.05) is 32.8 Å². The molecule has 0 aliphatic heterocycles. The average molecular weight is 196 g/mol. The zero-order valence-corrected chi connectivity index (χ0v) is 9.13. The van der Waals surface area contributed by atoms with Crippen LogP contribution in [0.1, 0.15) is 19.4 Å². The second-order valence-corrected chi connectivity index (χ2v) is 4.28. The summed E-state index contributed by atoms with van der Waals surface area (Å²) in [4.78, 5) is 1.93. The Balaban J connectivity index is 3.30. The van der Waals surface area contributed by atoms with Gasteiger partial charge in [0.05, 0.1) is 0 Å². The molecule has 78 valence electrons. The summed E-state index contributed by atoms with van der Waals surface area (Å²) >= 11 is 0. The summed E-state index contributed by atoms with van der Waals surface area (Å²) in [5, 5.41) is 0. The summed E-state index contributed by atoms with van der Waals surface area (Å²) in [6.45, 7) is 3.74. The van der Waals surface area contributed by atoms with Crippen LogP contribution in [0.3, 0.4) is 0 Å². The molecule has 0 amide bonds. The van der Waals surface area contributed by atoms with Gasteiger partial charge in [-0.25, -0.2) is 4.39 Å². The lowest BCUT2D eigenvalue weighted by atomic mass is 9.93. The third-order valence-corrected chi connectivity index (χ3v) is 2.13. The van der Waals surface area contributed by atoms with Crippen LogP contribution >= 0.6 is 0 Å². The molecular weight excluding hydrogens is 179 g/mol. The van der Waals surface area contributed by atoms with E-state index in [4.69, 9.17) is 5.73 Å². The Morgan fingerprint density at radius 1 is 1.29 bits per heavy atom. The van der Waals surface area contributed by atoms with Crippen molar-refractivity contribution in [3.8, 4) is 0 Å². The number of nitrogens with two attached hydrogens (primary N) is 1. The minimum absolute atomic E-state index is 0.246. The number of hydrogen-bond donors (Lipinski definition) is 1. The van der Waals surface area contributed by atoms with Gasteiger partial charge in [0, 0.05) is 25.3 Å². The van der Waals surface area contributed by atoms with E-state index < -0.39 is 5.54 Å². The van der Waals surface area contributed by atoms with Gasteiger partial charge >= 0.3 is 0 Å². The van der Waals surface area contributed by atoms with E-state index in [0.717, 1.165) is 11.3 Å². The van der Waals surface area contributed by atoms with Crippen LogP contribution in [0.4, 0.5) is 10.1 Å².